The van der Waals surface area contributed by atoms with Crippen molar-refractivity contribution >= 4 is 11.7 Å². The highest BCUT2D eigenvalue weighted by Gasteiger charge is 2.04. The first kappa shape index (κ1) is 13.8. The Morgan fingerprint density at radius 2 is 2.11 bits per heavy atom. The van der Waals surface area contributed by atoms with Crippen LogP contribution in [0.1, 0.15) is 19.3 Å². The summed E-state index contributed by atoms with van der Waals surface area (Å²) in [6.45, 7) is 0.505. The van der Waals surface area contributed by atoms with Gasteiger partial charge in [-0.2, -0.15) is 5.26 Å². The molecule has 1 aromatic rings. The van der Waals surface area contributed by atoms with E-state index in [1.54, 1.807) is 12.1 Å². The number of unbranched alkanes of at least 4 members (excludes halogenated alkanes) is 1. The Kier molecular flexibility index (Phi) is 6.12. The van der Waals surface area contributed by atoms with E-state index in [9.17, 15) is 4.79 Å². The third-order valence-corrected chi connectivity index (χ3v) is 2.18. The fourth-order valence-electron chi connectivity index (χ4n) is 1.27. The summed E-state index contributed by atoms with van der Waals surface area (Å²) in [6.07, 6.45) is 1.12. The number of esters is 1. The number of ether oxygens (including phenoxy) is 2. The Labute approximate surface area is 106 Å². The largest absolute Gasteiger partial charge is 0.491 e. The van der Waals surface area contributed by atoms with Gasteiger partial charge < -0.3 is 15.2 Å². The van der Waals surface area contributed by atoms with E-state index in [1.807, 2.05) is 18.2 Å². The van der Waals surface area contributed by atoms with Crippen LogP contribution in [0.25, 0.3) is 0 Å². The van der Waals surface area contributed by atoms with Crippen LogP contribution >= 0.6 is 0 Å². The molecule has 0 atom stereocenters. The van der Waals surface area contributed by atoms with Gasteiger partial charge in [0.1, 0.15) is 5.75 Å². The zero-order valence-corrected chi connectivity index (χ0v) is 10.1. The van der Waals surface area contributed by atoms with Crippen molar-refractivity contribution in [1.82, 2.24) is 0 Å². The van der Waals surface area contributed by atoms with Crippen LogP contribution in [-0.2, 0) is 9.53 Å². The maximum atomic E-state index is 11.3. The molecule has 0 aromatic heterocycles. The van der Waals surface area contributed by atoms with Crippen LogP contribution in [-0.4, -0.2) is 19.2 Å². The van der Waals surface area contributed by atoms with Crippen LogP contribution in [0.2, 0.25) is 0 Å². The number of carbonyl (C=O) groups is 1. The van der Waals surface area contributed by atoms with E-state index >= 15 is 0 Å². The second kappa shape index (κ2) is 7.96. The number of benzene rings is 1. The van der Waals surface area contributed by atoms with Crippen molar-refractivity contribution in [2.75, 3.05) is 18.9 Å². The highest BCUT2D eigenvalue weighted by atomic mass is 16.5. The second-order valence-electron chi connectivity index (χ2n) is 3.62. The van der Waals surface area contributed by atoms with Gasteiger partial charge in [0.05, 0.1) is 31.4 Å². The quantitative estimate of drug-likeness (QED) is 0.452. The lowest BCUT2D eigenvalue weighted by Crippen LogP contribution is -2.11. The van der Waals surface area contributed by atoms with Crippen molar-refractivity contribution < 1.29 is 14.3 Å². The monoisotopic (exact) mass is 248 g/mol. The smallest absolute Gasteiger partial charge is 0.309 e. The molecular formula is C13H16N2O3. The molecule has 0 radical (unpaired) electrons. The molecule has 5 nitrogen and oxygen atoms in total. The van der Waals surface area contributed by atoms with E-state index in [0.29, 0.717) is 24.3 Å². The first-order valence-electron chi connectivity index (χ1n) is 5.74. The molecule has 0 spiro atoms. The highest BCUT2D eigenvalue weighted by molar-refractivity contribution is 5.69. The van der Waals surface area contributed by atoms with Gasteiger partial charge in [0.25, 0.3) is 0 Å². The molecule has 2 N–H and O–H groups in total. The van der Waals surface area contributed by atoms with Crippen molar-refractivity contribution in [1.29, 1.82) is 5.26 Å². The van der Waals surface area contributed by atoms with Gasteiger partial charge in [-0.1, -0.05) is 12.1 Å². The van der Waals surface area contributed by atoms with E-state index in [1.165, 1.54) is 0 Å². The Morgan fingerprint density at radius 3 is 2.83 bits per heavy atom. The molecule has 0 bridgehead atoms. The van der Waals surface area contributed by atoms with Crippen LogP contribution in [0.3, 0.4) is 0 Å². The summed E-state index contributed by atoms with van der Waals surface area (Å²) in [7, 11) is 0. The normalized spacial score (nSPS) is 9.50. The summed E-state index contributed by atoms with van der Waals surface area (Å²) in [4.78, 5) is 11.3. The fourth-order valence-corrected chi connectivity index (χ4v) is 1.27. The average molecular weight is 248 g/mol. The molecule has 18 heavy (non-hydrogen) atoms. The number of para-hydroxylation sites is 2. The maximum absolute atomic E-state index is 11.3. The summed E-state index contributed by atoms with van der Waals surface area (Å²) >= 11 is 0. The Hall–Kier alpha value is -2.22. The zero-order valence-electron chi connectivity index (χ0n) is 10.1. The van der Waals surface area contributed by atoms with Gasteiger partial charge in [-0.15, -0.1) is 0 Å². The molecule has 0 aliphatic carbocycles. The van der Waals surface area contributed by atoms with Crippen LogP contribution < -0.4 is 10.5 Å². The Morgan fingerprint density at radius 1 is 1.33 bits per heavy atom. The second-order valence-corrected chi connectivity index (χ2v) is 3.62. The van der Waals surface area contributed by atoms with Gasteiger partial charge in [0.2, 0.25) is 0 Å². The summed E-state index contributed by atoms with van der Waals surface area (Å²) < 4.78 is 10.3. The van der Waals surface area contributed by atoms with Gasteiger partial charge >= 0.3 is 5.97 Å². The third-order valence-electron chi connectivity index (χ3n) is 2.18. The van der Waals surface area contributed by atoms with E-state index in [2.05, 4.69) is 0 Å². The summed E-state index contributed by atoms with van der Waals surface area (Å²) in [5.41, 5.74) is 6.22. The molecule has 0 aliphatic heterocycles. The number of hydrogen-bond acceptors (Lipinski definition) is 5. The number of nitriles is 1. The molecule has 0 saturated heterocycles. The van der Waals surface area contributed by atoms with Crippen molar-refractivity contribution in [3.63, 3.8) is 0 Å². The van der Waals surface area contributed by atoms with Gasteiger partial charge in [0.15, 0.2) is 0 Å². The third kappa shape index (κ3) is 5.21. The minimum Gasteiger partial charge on any atom is -0.491 e. The van der Waals surface area contributed by atoms with Crippen LogP contribution in [0.15, 0.2) is 24.3 Å². The number of nitrogens with two attached hydrogens (primary N) is 1. The van der Waals surface area contributed by atoms with Gasteiger partial charge in [-0.3, -0.25) is 4.79 Å². The van der Waals surface area contributed by atoms with Crippen LogP contribution in [0, 0.1) is 11.3 Å². The predicted octanol–water partition coefficient (Wildman–Crippen LogP) is 1.88. The molecule has 96 valence electrons. The minimum atomic E-state index is -0.331. The van der Waals surface area contributed by atoms with Crippen molar-refractivity contribution in [2.45, 2.75) is 19.3 Å². The molecule has 5 heteroatoms. The molecule has 0 aliphatic rings. The molecule has 1 aromatic carbocycles. The standard InChI is InChI=1S/C13H16N2O3/c14-8-3-4-9-18-13(16)7-10-17-12-6-2-1-5-11(12)15/h1-2,5-6H,3-4,7,9-10,15H2. The lowest BCUT2D eigenvalue weighted by molar-refractivity contribution is -0.144. The SMILES string of the molecule is N#CCCCOC(=O)CCOc1ccccc1N. The number of hydrogen-bond donors (Lipinski definition) is 1. The number of rotatable bonds is 7. The Bertz CT molecular complexity index is 426. The molecule has 1 rings (SSSR count). The summed E-state index contributed by atoms with van der Waals surface area (Å²) in [6, 6.07) is 9.08. The van der Waals surface area contributed by atoms with E-state index in [-0.39, 0.29) is 25.6 Å². The van der Waals surface area contributed by atoms with Gasteiger partial charge in [0, 0.05) is 6.42 Å². The molecule has 0 unspecified atom stereocenters. The zero-order chi connectivity index (χ0) is 13.2. The van der Waals surface area contributed by atoms with Crippen molar-refractivity contribution in [3.8, 4) is 11.8 Å². The molecule has 0 saturated carbocycles. The lowest BCUT2D eigenvalue weighted by atomic mass is 10.3. The van der Waals surface area contributed by atoms with Crippen molar-refractivity contribution in [2.24, 2.45) is 0 Å². The van der Waals surface area contributed by atoms with Gasteiger partial charge in [-0.25, -0.2) is 0 Å². The first-order valence-corrected chi connectivity index (χ1v) is 5.74. The maximum Gasteiger partial charge on any atom is 0.309 e. The predicted molar refractivity (Wildman–Crippen MR) is 66.8 cm³/mol. The average Bonchev–Trinajstić information content (AvgIpc) is 2.37. The fraction of sp³-hybridized carbons (Fsp3) is 0.385. The van der Waals surface area contributed by atoms with Gasteiger partial charge in [-0.05, 0) is 18.6 Å². The summed E-state index contributed by atoms with van der Waals surface area (Å²) in [5.74, 6) is 0.234. The van der Waals surface area contributed by atoms with E-state index in [4.69, 9.17) is 20.5 Å². The Balaban J connectivity index is 2.16. The first-order chi connectivity index (χ1) is 8.74. The summed E-state index contributed by atoms with van der Waals surface area (Å²) in [5, 5.41) is 8.30. The number of nitrogen functional groups attached to an aromatic ring is 1. The molecule has 0 heterocycles. The highest BCUT2D eigenvalue weighted by Crippen LogP contribution is 2.19. The topological polar surface area (TPSA) is 85.3 Å². The molecular weight excluding hydrogens is 232 g/mol. The number of nitrogens with zero attached hydrogens (tertiary/aromatic N) is 1. The van der Waals surface area contributed by atoms with Crippen LogP contribution in [0.4, 0.5) is 5.69 Å². The number of carbonyl (C=O) groups excluding carboxylic acids is 1. The minimum absolute atomic E-state index is 0.168. The van der Waals surface area contributed by atoms with Crippen molar-refractivity contribution in [3.05, 3.63) is 24.3 Å². The van der Waals surface area contributed by atoms with E-state index < -0.39 is 0 Å². The van der Waals surface area contributed by atoms with E-state index in [0.717, 1.165) is 0 Å². The molecule has 0 amide bonds. The molecule has 0 fully saturated rings. The lowest BCUT2D eigenvalue weighted by Gasteiger charge is -2.08. The van der Waals surface area contributed by atoms with Crippen LogP contribution in [0.5, 0.6) is 5.75 Å². The number of anilines is 1.